The Morgan fingerprint density at radius 2 is 2.18 bits per heavy atom. The molecule has 2 aromatic rings. The van der Waals surface area contributed by atoms with Crippen LogP contribution in [0.2, 0.25) is 0 Å². The molecule has 0 aliphatic rings. The lowest BCUT2D eigenvalue weighted by Crippen LogP contribution is -2.09. The van der Waals surface area contributed by atoms with Crippen molar-refractivity contribution in [3.63, 3.8) is 0 Å². The Kier molecular flexibility index (Phi) is 2.75. The van der Waals surface area contributed by atoms with Gasteiger partial charge in [-0.1, -0.05) is 6.07 Å². The highest BCUT2D eigenvalue weighted by atomic mass is 19.3. The number of aromatic amines is 1. The van der Waals surface area contributed by atoms with Crippen LogP contribution in [0.5, 0.6) is 5.75 Å². The molecule has 1 N–H and O–H groups in total. The van der Waals surface area contributed by atoms with Crippen molar-refractivity contribution in [1.29, 1.82) is 5.26 Å². The predicted octanol–water partition coefficient (Wildman–Crippen LogP) is 2.00. The van der Waals surface area contributed by atoms with Crippen molar-refractivity contribution in [2.24, 2.45) is 0 Å². The number of ether oxygens (including phenoxy) is 1. The van der Waals surface area contributed by atoms with Gasteiger partial charge in [0.25, 0.3) is 0 Å². The van der Waals surface area contributed by atoms with Crippen molar-refractivity contribution in [1.82, 2.24) is 4.98 Å². The fourth-order valence-corrected chi connectivity index (χ4v) is 1.50. The Hall–Kier alpha value is -2.42. The molecule has 6 heteroatoms. The molecule has 0 spiro atoms. The van der Waals surface area contributed by atoms with Gasteiger partial charge in [-0.3, -0.25) is 4.79 Å². The largest absolute Gasteiger partial charge is 0.433 e. The Labute approximate surface area is 94.1 Å². The Morgan fingerprint density at radius 3 is 2.82 bits per heavy atom. The van der Waals surface area contributed by atoms with Crippen LogP contribution in [-0.4, -0.2) is 11.6 Å². The number of aromatic nitrogens is 1. The lowest BCUT2D eigenvalue weighted by Gasteiger charge is -2.07. The average molecular weight is 236 g/mol. The third kappa shape index (κ3) is 1.95. The fourth-order valence-electron chi connectivity index (χ4n) is 1.50. The van der Waals surface area contributed by atoms with Gasteiger partial charge < -0.3 is 9.72 Å². The minimum absolute atomic E-state index is 0.0771. The van der Waals surface area contributed by atoms with E-state index in [1.807, 2.05) is 0 Å². The summed E-state index contributed by atoms with van der Waals surface area (Å²) >= 11 is 0. The maximum atomic E-state index is 12.1. The van der Waals surface area contributed by atoms with Gasteiger partial charge >= 0.3 is 6.61 Å². The zero-order valence-corrected chi connectivity index (χ0v) is 8.41. The number of alkyl halides is 2. The lowest BCUT2D eigenvalue weighted by molar-refractivity contribution is -0.0489. The minimum atomic E-state index is -2.97. The molecule has 1 aromatic carbocycles. The van der Waals surface area contributed by atoms with Crippen LogP contribution in [-0.2, 0) is 0 Å². The summed E-state index contributed by atoms with van der Waals surface area (Å²) in [6, 6.07) is 5.88. The van der Waals surface area contributed by atoms with E-state index in [1.54, 1.807) is 6.07 Å². The van der Waals surface area contributed by atoms with Gasteiger partial charge in [0.05, 0.1) is 10.9 Å². The van der Waals surface area contributed by atoms with E-state index in [2.05, 4.69) is 9.72 Å². The van der Waals surface area contributed by atoms with Crippen LogP contribution < -0.4 is 10.2 Å². The van der Waals surface area contributed by atoms with E-state index < -0.39 is 12.0 Å². The number of rotatable bonds is 2. The average Bonchev–Trinajstić information content (AvgIpc) is 2.30. The standard InChI is InChI=1S/C11H6F2N2O2/c12-11(13)17-8-3-1-2-7-9(8)15-5-6(4-14)10(7)16/h1-3,5,11H,(H,15,16). The molecule has 0 amide bonds. The third-order valence-electron chi connectivity index (χ3n) is 2.21. The molecule has 0 atom stereocenters. The summed E-state index contributed by atoms with van der Waals surface area (Å²) in [6.45, 7) is -2.97. The van der Waals surface area contributed by atoms with Gasteiger partial charge in [0, 0.05) is 6.20 Å². The zero-order chi connectivity index (χ0) is 12.4. The van der Waals surface area contributed by atoms with Crippen molar-refractivity contribution in [3.05, 3.63) is 40.2 Å². The minimum Gasteiger partial charge on any atom is -0.433 e. The number of benzene rings is 1. The zero-order valence-electron chi connectivity index (χ0n) is 8.41. The Bertz CT molecular complexity index is 659. The summed E-state index contributed by atoms with van der Waals surface area (Å²) in [5.41, 5.74) is -0.440. The van der Waals surface area contributed by atoms with Gasteiger partial charge in [0.1, 0.15) is 17.4 Å². The summed E-state index contributed by atoms with van der Waals surface area (Å²) in [5, 5.41) is 8.81. The molecule has 86 valence electrons. The van der Waals surface area contributed by atoms with E-state index in [-0.39, 0.29) is 22.2 Å². The van der Waals surface area contributed by atoms with Gasteiger partial charge in [0.2, 0.25) is 5.43 Å². The topological polar surface area (TPSA) is 65.9 Å². The molecule has 0 saturated heterocycles. The molecule has 0 fully saturated rings. The van der Waals surface area contributed by atoms with Crippen molar-refractivity contribution in [3.8, 4) is 11.8 Å². The number of nitrogens with one attached hydrogen (secondary N) is 1. The first kappa shape index (κ1) is 11.1. The Morgan fingerprint density at radius 1 is 1.41 bits per heavy atom. The molecule has 0 unspecified atom stereocenters. The van der Waals surface area contributed by atoms with Crippen molar-refractivity contribution in [2.75, 3.05) is 0 Å². The first-order chi connectivity index (χ1) is 8.13. The summed E-state index contributed by atoms with van der Waals surface area (Å²) in [4.78, 5) is 14.3. The quantitative estimate of drug-likeness (QED) is 0.867. The number of H-pyrrole nitrogens is 1. The summed E-state index contributed by atoms with van der Waals surface area (Å²) in [6.07, 6.45) is 1.17. The van der Waals surface area contributed by atoms with E-state index in [4.69, 9.17) is 5.26 Å². The van der Waals surface area contributed by atoms with Crippen LogP contribution in [0.4, 0.5) is 8.78 Å². The SMILES string of the molecule is N#Cc1c[nH]c2c(OC(F)F)cccc2c1=O. The van der Waals surface area contributed by atoms with Gasteiger partial charge in [-0.25, -0.2) is 0 Å². The number of pyridine rings is 1. The molecule has 2 rings (SSSR count). The number of nitriles is 1. The lowest BCUT2D eigenvalue weighted by atomic mass is 10.1. The highest BCUT2D eigenvalue weighted by Crippen LogP contribution is 2.23. The van der Waals surface area contributed by atoms with E-state index in [1.165, 1.54) is 24.4 Å². The van der Waals surface area contributed by atoms with Gasteiger partial charge in [0.15, 0.2) is 0 Å². The summed E-state index contributed by atoms with van der Waals surface area (Å²) < 4.78 is 28.5. The van der Waals surface area contributed by atoms with E-state index in [0.717, 1.165) is 0 Å². The summed E-state index contributed by atoms with van der Waals surface area (Å²) in [5.74, 6) is -0.126. The third-order valence-corrected chi connectivity index (χ3v) is 2.21. The molecule has 0 aliphatic carbocycles. The van der Waals surface area contributed by atoms with Gasteiger partial charge in [-0.05, 0) is 12.1 Å². The molecule has 17 heavy (non-hydrogen) atoms. The second-order valence-electron chi connectivity index (χ2n) is 3.20. The maximum absolute atomic E-state index is 12.1. The van der Waals surface area contributed by atoms with Crippen molar-refractivity contribution < 1.29 is 13.5 Å². The number of hydrogen-bond donors (Lipinski definition) is 1. The van der Waals surface area contributed by atoms with Crippen LogP contribution in [0.3, 0.4) is 0 Å². The smallest absolute Gasteiger partial charge is 0.387 e. The van der Waals surface area contributed by atoms with Crippen LogP contribution >= 0.6 is 0 Å². The molecule has 4 nitrogen and oxygen atoms in total. The fraction of sp³-hybridized carbons (Fsp3) is 0.0909. The number of para-hydroxylation sites is 1. The van der Waals surface area contributed by atoms with Crippen LogP contribution in [0.1, 0.15) is 5.56 Å². The van der Waals surface area contributed by atoms with Gasteiger partial charge in [-0.15, -0.1) is 0 Å². The van der Waals surface area contributed by atoms with E-state index in [0.29, 0.717) is 0 Å². The first-order valence-corrected chi connectivity index (χ1v) is 4.63. The molecular formula is C11H6F2N2O2. The van der Waals surface area contributed by atoms with E-state index >= 15 is 0 Å². The molecule has 1 heterocycles. The molecule has 1 aromatic heterocycles. The number of halogens is 2. The van der Waals surface area contributed by atoms with Crippen LogP contribution in [0.25, 0.3) is 10.9 Å². The highest BCUT2D eigenvalue weighted by molar-refractivity contribution is 5.85. The number of hydrogen-bond acceptors (Lipinski definition) is 3. The molecule has 0 saturated carbocycles. The molecule has 0 aliphatic heterocycles. The first-order valence-electron chi connectivity index (χ1n) is 4.63. The Balaban J connectivity index is 2.72. The predicted molar refractivity (Wildman–Crippen MR) is 55.9 cm³/mol. The van der Waals surface area contributed by atoms with Crippen molar-refractivity contribution in [2.45, 2.75) is 6.61 Å². The van der Waals surface area contributed by atoms with E-state index in [9.17, 15) is 13.6 Å². The van der Waals surface area contributed by atoms with Gasteiger partial charge in [-0.2, -0.15) is 14.0 Å². The van der Waals surface area contributed by atoms with Crippen LogP contribution in [0.15, 0.2) is 29.2 Å². The van der Waals surface area contributed by atoms with Crippen LogP contribution in [0, 0.1) is 11.3 Å². The second-order valence-corrected chi connectivity index (χ2v) is 3.20. The highest BCUT2D eigenvalue weighted by Gasteiger charge is 2.11. The number of nitrogens with zero attached hydrogens (tertiary/aromatic N) is 1. The van der Waals surface area contributed by atoms with Crippen molar-refractivity contribution >= 4 is 10.9 Å². The second kappa shape index (κ2) is 4.22. The molecule has 0 bridgehead atoms. The molecular weight excluding hydrogens is 230 g/mol. The monoisotopic (exact) mass is 236 g/mol. The number of fused-ring (bicyclic) bond motifs is 1. The molecule has 0 radical (unpaired) electrons. The maximum Gasteiger partial charge on any atom is 0.387 e. The summed E-state index contributed by atoms with van der Waals surface area (Å²) in [7, 11) is 0. The normalized spacial score (nSPS) is 10.5.